The van der Waals surface area contributed by atoms with Crippen LogP contribution in [-0.2, 0) is 6.42 Å². The fraction of sp³-hybridized carbons (Fsp3) is 0.571. The fourth-order valence-corrected chi connectivity index (χ4v) is 1.76. The Balaban J connectivity index is 0.00000225. The van der Waals surface area contributed by atoms with Crippen molar-refractivity contribution in [3.05, 3.63) is 29.8 Å². The van der Waals surface area contributed by atoms with Crippen LogP contribution in [0.5, 0.6) is 5.75 Å². The second-order valence-electron chi connectivity index (χ2n) is 4.60. The van der Waals surface area contributed by atoms with Crippen LogP contribution in [0.3, 0.4) is 0 Å². The summed E-state index contributed by atoms with van der Waals surface area (Å²) in [5, 5.41) is 11.4. The van der Waals surface area contributed by atoms with E-state index in [1.54, 1.807) is 6.07 Å². The zero-order valence-electron chi connectivity index (χ0n) is 10.8. The van der Waals surface area contributed by atoms with Gasteiger partial charge in [0.1, 0.15) is 0 Å². The molecule has 0 fully saturated rings. The molecule has 0 heterocycles. The Kier molecular flexibility index (Phi) is 10.1. The molecule has 0 atom stereocenters. The number of hydrogen-bond donors (Lipinski definition) is 0. The van der Waals surface area contributed by atoms with Gasteiger partial charge in [0, 0.05) is 0 Å². The standard InChI is InChI=1S/C14H22O.K/c1-12(2)8-4-3-5-9-13-10-6-7-11-14(13)15;/h6-7,10-12,15H,3-5,8-9H2,1-2H3;/q;+1/p-1. The maximum absolute atomic E-state index is 11.4. The minimum absolute atomic E-state index is 0. The van der Waals surface area contributed by atoms with Crippen molar-refractivity contribution in [1.82, 2.24) is 0 Å². The molecule has 0 saturated heterocycles. The molecule has 2 heteroatoms. The summed E-state index contributed by atoms with van der Waals surface area (Å²) >= 11 is 0. The van der Waals surface area contributed by atoms with Crippen LogP contribution < -0.4 is 56.5 Å². The topological polar surface area (TPSA) is 23.1 Å². The summed E-state index contributed by atoms with van der Waals surface area (Å²) in [6.07, 6.45) is 5.92. The van der Waals surface area contributed by atoms with E-state index in [1.807, 2.05) is 18.2 Å². The van der Waals surface area contributed by atoms with Gasteiger partial charge in [-0.1, -0.05) is 62.9 Å². The third-order valence-corrected chi connectivity index (χ3v) is 2.70. The number of unbranched alkanes of at least 4 members (excludes halogenated alkanes) is 2. The van der Waals surface area contributed by atoms with Crippen LogP contribution in [0.2, 0.25) is 0 Å². The van der Waals surface area contributed by atoms with Crippen LogP contribution in [0.4, 0.5) is 0 Å². The van der Waals surface area contributed by atoms with Crippen molar-refractivity contribution in [3.8, 4) is 5.75 Å². The molecule has 0 aliphatic rings. The van der Waals surface area contributed by atoms with E-state index in [0.29, 0.717) is 0 Å². The van der Waals surface area contributed by atoms with Crippen LogP contribution in [0, 0.1) is 5.92 Å². The molecular formula is C14H21KO. The first kappa shape index (κ1) is 16.7. The molecule has 0 spiro atoms. The first-order chi connectivity index (χ1) is 7.20. The molecule has 0 bridgehead atoms. The molecule has 0 unspecified atom stereocenters. The zero-order chi connectivity index (χ0) is 11.1. The van der Waals surface area contributed by atoms with E-state index in [4.69, 9.17) is 0 Å². The van der Waals surface area contributed by atoms with E-state index >= 15 is 0 Å². The van der Waals surface area contributed by atoms with Gasteiger partial charge in [0.05, 0.1) is 0 Å². The number of rotatable bonds is 6. The molecule has 1 aromatic rings. The van der Waals surface area contributed by atoms with E-state index in [1.165, 1.54) is 19.3 Å². The summed E-state index contributed by atoms with van der Waals surface area (Å²) in [5.41, 5.74) is 0.974. The molecule has 1 aromatic carbocycles. The van der Waals surface area contributed by atoms with Crippen molar-refractivity contribution >= 4 is 0 Å². The second kappa shape index (κ2) is 9.66. The van der Waals surface area contributed by atoms with E-state index in [-0.39, 0.29) is 57.1 Å². The van der Waals surface area contributed by atoms with Crippen molar-refractivity contribution in [1.29, 1.82) is 0 Å². The number of para-hydroxylation sites is 1. The van der Waals surface area contributed by atoms with Gasteiger partial charge in [0.25, 0.3) is 0 Å². The van der Waals surface area contributed by atoms with E-state index < -0.39 is 0 Å². The van der Waals surface area contributed by atoms with Gasteiger partial charge in [-0.15, -0.1) is 5.75 Å². The Bertz CT molecular complexity index is 284. The Labute approximate surface area is 142 Å². The number of aryl methyl sites for hydroxylation is 1. The SMILES string of the molecule is CC(C)CCCCCc1ccccc1[O-].[K+]. The van der Waals surface area contributed by atoms with Crippen LogP contribution in [0.25, 0.3) is 0 Å². The van der Waals surface area contributed by atoms with E-state index in [2.05, 4.69) is 13.8 Å². The second-order valence-corrected chi connectivity index (χ2v) is 4.60. The van der Waals surface area contributed by atoms with Gasteiger partial charge in [-0.25, -0.2) is 0 Å². The molecule has 0 radical (unpaired) electrons. The largest absolute Gasteiger partial charge is 1.00 e. The summed E-state index contributed by atoms with van der Waals surface area (Å²) in [6, 6.07) is 7.36. The van der Waals surface area contributed by atoms with Crippen molar-refractivity contribution < 1.29 is 56.5 Å². The van der Waals surface area contributed by atoms with Gasteiger partial charge in [0.2, 0.25) is 0 Å². The van der Waals surface area contributed by atoms with Crippen molar-refractivity contribution in [2.75, 3.05) is 0 Å². The molecule has 0 aliphatic heterocycles. The Morgan fingerprint density at radius 3 is 2.38 bits per heavy atom. The molecule has 0 amide bonds. The summed E-state index contributed by atoms with van der Waals surface area (Å²) in [5.74, 6) is 0.998. The average molecular weight is 244 g/mol. The van der Waals surface area contributed by atoms with Gasteiger partial charge in [-0.3, -0.25) is 0 Å². The average Bonchev–Trinajstić information content (AvgIpc) is 2.20. The van der Waals surface area contributed by atoms with Gasteiger partial charge < -0.3 is 5.11 Å². The smallest absolute Gasteiger partial charge is 0.872 e. The van der Waals surface area contributed by atoms with Crippen molar-refractivity contribution in [2.45, 2.75) is 46.0 Å². The maximum Gasteiger partial charge on any atom is 1.00 e. The van der Waals surface area contributed by atoms with Crippen molar-refractivity contribution in [2.24, 2.45) is 5.92 Å². The summed E-state index contributed by atoms with van der Waals surface area (Å²) < 4.78 is 0. The van der Waals surface area contributed by atoms with Gasteiger partial charge in [-0.05, 0) is 18.8 Å². The molecule has 0 N–H and O–H groups in total. The van der Waals surface area contributed by atoms with E-state index in [9.17, 15) is 5.11 Å². The van der Waals surface area contributed by atoms with Crippen LogP contribution in [-0.4, -0.2) is 0 Å². The molecule has 84 valence electrons. The molecule has 0 saturated carbocycles. The number of benzene rings is 1. The van der Waals surface area contributed by atoms with Gasteiger partial charge >= 0.3 is 51.4 Å². The zero-order valence-corrected chi connectivity index (χ0v) is 14.0. The Hall–Kier alpha value is 0.656. The van der Waals surface area contributed by atoms with Crippen LogP contribution in [0.15, 0.2) is 24.3 Å². The maximum atomic E-state index is 11.4. The summed E-state index contributed by atoms with van der Waals surface area (Å²) in [6.45, 7) is 4.51. The van der Waals surface area contributed by atoms with E-state index in [0.717, 1.165) is 24.3 Å². The third kappa shape index (κ3) is 7.07. The minimum atomic E-state index is 0. The van der Waals surface area contributed by atoms with Crippen molar-refractivity contribution in [3.63, 3.8) is 0 Å². The third-order valence-electron chi connectivity index (χ3n) is 2.70. The molecule has 0 aliphatic carbocycles. The Morgan fingerprint density at radius 1 is 1.06 bits per heavy atom. The predicted octanol–water partition coefficient (Wildman–Crippen LogP) is 0.523. The summed E-state index contributed by atoms with van der Waals surface area (Å²) in [7, 11) is 0. The monoisotopic (exact) mass is 244 g/mol. The normalized spacial score (nSPS) is 10.2. The first-order valence-electron chi connectivity index (χ1n) is 5.95. The van der Waals surface area contributed by atoms with Crippen LogP contribution in [0.1, 0.15) is 45.1 Å². The molecular weight excluding hydrogens is 223 g/mol. The molecule has 0 aromatic heterocycles. The number of hydrogen-bond acceptors (Lipinski definition) is 1. The molecule has 1 nitrogen and oxygen atoms in total. The quantitative estimate of drug-likeness (QED) is 0.529. The van der Waals surface area contributed by atoms with Crippen LogP contribution >= 0.6 is 0 Å². The first-order valence-corrected chi connectivity index (χ1v) is 5.95. The van der Waals surface area contributed by atoms with Gasteiger partial charge in [0.15, 0.2) is 0 Å². The predicted molar refractivity (Wildman–Crippen MR) is 62.9 cm³/mol. The molecule has 16 heavy (non-hydrogen) atoms. The molecule has 1 rings (SSSR count). The minimum Gasteiger partial charge on any atom is -0.872 e. The Morgan fingerprint density at radius 2 is 1.75 bits per heavy atom. The van der Waals surface area contributed by atoms with Gasteiger partial charge in [-0.2, -0.15) is 0 Å². The summed E-state index contributed by atoms with van der Waals surface area (Å²) in [4.78, 5) is 0. The fourth-order valence-electron chi connectivity index (χ4n) is 1.76.